The maximum absolute atomic E-state index is 12.7. The van der Waals surface area contributed by atoms with Gasteiger partial charge in [0.2, 0.25) is 0 Å². The Morgan fingerprint density at radius 2 is 2.00 bits per heavy atom. The molecule has 3 rings (SSSR count). The number of para-hydroxylation sites is 1. The Kier molecular flexibility index (Phi) is 4.69. The summed E-state index contributed by atoms with van der Waals surface area (Å²) in [7, 11) is 0. The minimum atomic E-state index is -2.97. The van der Waals surface area contributed by atoms with Crippen LogP contribution in [0.15, 0.2) is 29.4 Å². The number of ether oxygens (including phenoxy) is 1. The van der Waals surface area contributed by atoms with Gasteiger partial charge < -0.3 is 10.1 Å². The third-order valence-electron chi connectivity index (χ3n) is 4.72. The van der Waals surface area contributed by atoms with Crippen LogP contribution >= 0.6 is 0 Å². The molecule has 3 amide bonds. The number of rotatable bonds is 4. The summed E-state index contributed by atoms with van der Waals surface area (Å²) < 4.78 is 29.3. The van der Waals surface area contributed by atoms with Crippen molar-refractivity contribution >= 4 is 18.2 Å². The second kappa shape index (κ2) is 6.78. The van der Waals surface area contributed by atoms with Crippen molar-refractivity contribution in [2.45, 2.75) is 44.8 Å². The Hall–Kier alpha value is -2.51. The molecule has 1 N–H and O–H groups in total. The second-order valence-electron chi connectivity index (χ2n) is 6.47. The van der Waals surface area contributed by atoms with E-state index in [1.54, 1.807) is 12.1 Å². The van der Waals surface area contributed by atoms with Gasteiger partial charge in [-0.05, 0) is 43.7 Å². The number of hydrogen-bond donors (Lipinski definition) is 1. The first-order valence-electron chi connectivity index (χ1n) is 8.16. The molecule has 1 aromatic carbocycles. The van der Waals surface area contributed by atoms with Crippen LogP contribution in [-0.4, -0.2) is 35.3 Å². The number of benzene rings is 1. The molecule has 1 heterocycles. The van der Waals surface area contributed by atoms with Crippen LogP contribution in [0.4, 0.5) is 13.6 Å². The first kappa shape index (κ1) is 17.3. The number of imide groups is 1. The highest BCUT2D eigenvalue weighted by Crippen LogP contribution is 2.36. The van der Waals surface area contributed by atoms with Crippen LogP contribution in [0.1, 0.15) is 38.2 Å². The zero-order chi connectivity index (χ0) is 18.0. The lowest BCUT2D eigenvalue weighted by Gasteiger charge is -2.33. The fraction of sp³-hybridized carbons (Fsp3) is 0.471. The van der Waals surface area contributed by atoms with Gasteiger partial charge in [-0.1, -0.05) is 19.1 Å². The topological polar surface area (TPSA) is 71.0 Å². The Morgan fingerprint density at radius 3 is 2.68 bits per heavy atom. The van der Waals surface area contributed by atoms with E-state index in [1.165, 1.54) is 18.3 Å². The minimum absolute atomic E-state index is 0.0745. The highest BCUT2D eigenvalue weighted by atomic mass is 19.3. The van der Waals surface area contributed by atoms with E-state index in [4.69, 9.17) is 0 Å². The van der Waals surface area contributed by atoms with Gasteiger partial charge in [-0.25, -0.2) is 4.79 Å². The zero-order valence-corrected chi connectivity index (χ0v) is 13.7. The van der Waals surface area contributed by atoms with Gasteiger partial charge in [0.15, 0.2) is 0 Å². The molecule has 134 valence electrons. The molecule has 1 saturated heterocycles. The number of urea groups is 1. The molecule has 2 fully saturated rings. The largest absolute Gasteiger partial charge is 0.434 e. The number of nitrogens with one attached hydrogen (secondary N) is 1. The molecular formula is C17H19F2N3O3. The molecule has 1 spiro atoms. The van der Waals surface area contributed by atoms with E-state index in [1.807, 2.05) is 0 Å². The van der Waals surface area contributed by atoms with E-state index in [2.05, 4.69) is 22.1 Å². The first-order valence-corrected chi connectivity index (χ1v) is 8.16. The number of hydrogen-bond acceptors (Lipinski definition) is 4. The van der Waals surface area contributed by atoms with Gasteiger partial charge in [-0.3, -0.25) is 4.79 Å². The van der Waals surface area contributed by atoms with Crippen molar-refractivity contribution in [1.82, 2.24) is 10.3 Å². The molecule has 25 heavy (non-hydrogen) atoms. The van der Waals surface area contributed by atoms with Crippen molar-refractivity contribution in [3.8, 4) is 5.75 Å². The lowest BCUT2D eigenvalue weighted by atomic mass is 9.77. The summed E-state index contributed by atoms with van der Waals surface area (Å²) in [4.78, 5) is 24.8. The fourth-order valence-electron chi connectivity index (χ4n) is 3.22. The molecule has 2 aliphatic rings. The van der Waals surface area contributed by atoms with Gasteiger partial charge in [-0.15, -0.1) is 5.01 Å². The van der Waals surface area contributed by atoms with Crippen LogP contribution in [0.5, 0.6) is 5.75 Å². The summed E-state index contributed by atoms with van der Waals surface area (Å²) in [5.41, 5.74) is -0.637. The van der Waals surface area contributed by atoms with Crippen LogP contribution in [0.3, 0.4) is 0 Å². The van der Waals surface area contributed by atoms with Crippen molar-refractivity contribution in [1.29, 1.82) is 0 Å². The Balaban J connectivity index is 1.78. The smallest absolute Gasteiger partial charge is 0.387 e. The molecule has 1 saturated carbocycles. The Morgan fingerprint density at radius 1 is 1.32 bits per heavy atom. The van der Waals surface area contributed by atoms with Crippen LogP contribution in [0.2, 0.25) is 0 Å². The van der Waals surface area contributed by atoms with E-state index >= 15 is 0 Å². The van der Waals surface area contributed by atoms with Crippen LogP contribution in [0, 0.1) is 5.92 Å². The van der Waals surface area contributed by atoms with E-state index in [0.29, 0.717) is 18.8 Å². The van der Waals surface area contributed by atoms with Crippen molar-refractivity contribution < 1.29 is 23.1 Å². The summed E-state index contributed by atoms with van der Waals surface area (Å²) in [6, 6.07) is 5.44. The second-order valence-corrected chi connectivity index (χ2v) is 6.47. The van der Waals surface area contributed by atoms with E-state index in [9.17, 15) is 18.4 Å². The highest BCUT2D eigenvalue weighted by Gasteiger charge is 2.52. The highest BCUT2D eigenvalue weighted by molar-refractivity contribution is 6.07. The normalized spacial score (nSPS) is 26.7. The van der Waals surface area contributed by atoms with Crippen LogP contribution < -0.4 is 10.1 Å². The minimum Gasteiger partial charge on any atom is -0.434 e. The summed E-state index contributed by atoms with van der Waals surface area (Å²) in [6.07, 6.45) is 4.05. The Labute approximate surface area is 143 Å². The van der Waals surface area contributed by atoms with E-state index in [-0.39, 0.29) is 11.3 Å². The fourth-order valence-corrected chi connectivity index (χ4v) is 3.22. The van der Waals surface area contributed by atoms with Crippen LogP contribution in [0.25, 0.3) is 0 Å². The van der Waals surface area contributed by atoms with E-state index in [0.717, 1.165) is 17.9 Å². The molecule has 0 unspecified atom stereocenters. The summed E-state index contributed by atoms with van der Waals surface area (Å²) >= 11 is 0. The van der Waals surface area contributed by atoms with Gasteiger partial charge in [0.25, 0.3) is 5.91 Å². The van der Waals surface area contributed by atoms with Crippen molar-refractivity contribution in [2.75, 3.05) is 0 Å². The quantitative estimate of drug-likeness (QED) is 0.669. The average Bonchev–Trinajstić information content (AvgIpc) is 2.80. The first-order chi connectivity index (χ1) is 11.9. The molecule has 8 heteroatoms. The number of carbonyl (C=O) groups excluding carboxylic acids is 2. The van der Waals surface area contributed by atoms with Crippen molar-refractivity contribution in [2.24, 2.45) is 11.0 Å². The number of alkyl halides is 2. The molecule has 1 aliphatic heterocycles. The number of nitrogens with zero attached hydrogens (tertiary/aromatic N) is 2. The lowest BCUT2D eigenvalue weighted by Crippen LogP contribution is -2.49. The molecule has 6 nitrogen and oxygen atoms in total. The predicted molar refractivity (Wildman–Crippen MR) is 86.4 cm³/mol. The SMILES string of the molecule is CC1CCC2(CC1)NC(=O)N(/N=C/c1ccccc1OC(F)F)C2=O. The monoisotopic (exact) mass is 351 g/mol. The van der Waals surface area contributed by atoms with Gasteiger partial charge in [0, 0.05) is 5.56 Å². The molecule has 1 aromatic rings. The number of carbonyl (C=O) groups is 2. The predicted octanol–water partition coefficient (Wildman–Crippen LogP) is 3.12. The summed E-state index contributed by atoms with van der Waals surface area (Å²) in [5.74, 6) is 0.0497. The van der Waals surface area contributed by atoms with Crippen molar-refractivity contribution in [3.63, 3.8) is 0 Å². The standard InChI is InChI=1S/C17H19F2N3O3/c1-11-6-8-17(9-7-11)14(23)22(16(24)21-17)20-10-12-4-2-3-5-13(12)25-15(18)19/h2-5,10-11,15H,6-9H2,1H3,(H,21,24)/b20-10+. The molecule has 0 radical (unpaired) electrons. The number of halogens is 2. The molecule has 0 aromatic heterocycles. The lowest BCUT2D eigenvalue weighted by molar-refractivity contribution is -0.132. The van der Waals surface area contributed by atoms with Gasteiger partial charge >= 0.3 is 12.6 Å². The third-order valence-corrected chi connectivity index (χ3v) is 4.72. The van der Waals surface area contributed by atoms with Gasteiger partial charge in [-0.2, -0.15) is 13.9 Å². The molecular weight excluding hydrogens is 332 g/mol. The molecule has 0 atom stereocenters. The molecule has 0 bridgehead atoms. The number of amides is 3. The third kappa shape index (κ3) is 3.47. The zero-order valence-electron chi connectivity index (χ0n) is 13.7. The maximum atomic E-state index is 12.7. The van der Waals surface area contributed by atoms with E-state index < -0.39 is 24.1 Å². The summed E-state index contributed by atoms with van der Waals surface area (Å²) in [5, 5.41) is 7.43. The van der Waals surface area contributed by atoms with Gasteiger partial charge in [0.05, 0.1) is 6.21 Å². The average molecular weight is 351 g/mol. The summed E-state index contributed by atoms with van der Waals surface area (Å²) in [6.45, 7) is -0.858. The van der Waals surface area contributed by atoms with Gasteiger partial charge in [0.1, 0.15) is 11.3 Å². The molecule has 1 aliphatic carbocycles. The number of hydrazone groups is 1. The maximum Gasteiger partial charge on any atom is 0.387 e. The van der Waals surface area contributed by atoms with Crippen LogP contribution in [-0.2, 0) is 4.79 Å². The Bertz CT molecular complexity index is 700. The van der Waals surface area contributed by atoms with Crippen molar-refractivity contribution in [3.05, 3.63) is 29.8 Å².